The third-order valence-electron chi connectivity index (χ3n) is 6.23. The first-order chi connectivity index (χ1) is 17.1. The molecular formula is C26H29N7OS. The van der Waals surface area contributed by atoms with E-state index in [0.717, 1.165) is 65.1 Å². The summed E-state index contributed by atoms with van der Waals surface area (Å²) in [5.74, 6) is 1.61. The van der Waals surface area contributed by atoms with Crippen molar-refractivity contribution in [2.75, 3.05) is 24.5 Å². The van der Waals surface area contributed by atoms with E-state index < -0.39 is 0 Å². The molecule has 9 heteroatoms. The topological polar surface area (TPSA) is 88.8 Å². The van der Waals surface area contributed by atoms with Crippen LogP contribution in [-0.4, -0.2) is 50.3 Å². The fourth-order valence-electron chi connectivity index (χ4n) is 4.48. The molecule has 1 atom stereocenters. The average Bonchev–Trinajstić information content (AvgIpc) is 3.50. The molecule has 35 heavy (non-hydrogen) atoms. The second kappa shape index (κ2) is 10.4. The van der Waals surface area contributed by atoms with Gasteiger partial charge in [-0.05, 0) is 32.8 Å². The summed E-state index contributed by atoms with van der Waals surface area (Å²) < 4.78 is 1.83. The number of carbonyl (C=O) groups is 1. The van der Waals surface area contributed by atoms with Crippen molar-refractivity contribution in [3.8, 4) is 16.4 Å². The number of piperidine rings is 1. The Bertz CT molecular complexity index is 1300. The molecule has 0 radical (unpaired) electrons. The number of aryl methyl sites for hydroxylation is 2. The zero-order valence-electron chi connectivity index (χ0n) is 20.0. The molecule has 8 nitrogen and oxygen atoms in total. The Kier molecular flexibility index (Phi) is 6.85. The van der Waals surface area contributed by atoms with E-state index in [0.29, 0.717) is 13.1 Å². The van der Waals surface area contributed by atoms with Crippen molar-refractivity contribution in [3.05, 3.63) is 71.3 Å². The van der Waals surface area contributed by atoms with Crippen molar-refractivity contribution >= 4 is 23.1 Å². The molecule has 4 aromatic rings. The summed E-state index contributed by atoms with van der Waals surface area (Å²) in [5, 5.41) is 10.7. The molecule has 1 fully saturated rings. The Labute approximate surface area is 209 Å². The van der Waals surface area contributed by atoms with E-state index in [4.69, 9.17) is 4.98 Å². The minimum atomic E-state index is -0.0637. The average molecular weight is 488 g/mol. The van der Waals surface area contributed by atoms with Crippen LogP contribution in [0.5, 0.6) is 0 Å². The van der Waals surface area contributed by atoms with E-state index in [2.05, 4.69) is 42.8 Å². The molecule has 1 aromatic carbocycles. The van der Waals surface area contributed by atoms with Crippen LogP contribution >= 0.6 is 11.3 Å². The molecular weight excluding hydrogens is 458 g/mol. The SMILES string of the molecule is Cc1cc(C)n(-c2cc(N3CCCC(C(=O)NCCc4csc(-c5ccccc5)n4)C3)ncn2)n1. The highest BCUT2D eigenvalue weighted by atomic mass is 32.1. The van der Waals surface area contributed by atoms with Crippen molar-refractivity contribution in [1.82, 2.24) is 30.0 Å². The Balaban J connectivity index is 1.17. The number of carbonyl (C=O) groups excluding carboxylic acids is 1. The lowest BCUT2D eigenvalue weighted by atomic mass is 9.97. The maximum absolute atomic E-state index is 12.9. The number of rotatable bonds is 7. The molecule has 1 unspecified atom stereocenters. The highest BCUT2D eigenvalue weighted by Gasteiger charge is 2.26. The molecule has 0 bridgehead atoms. The van der Waals surface area contributed by atoms with Crippen LogP contribution in [-0.2, 0) is 11.2 Å². The van der Waals surface area contributed by atoms with E-state index in [1.807, 2.05) is 48.9 Å². The number of hydrogen-bond donors (Lipinski definition) is 1. The Morgan fingerprint density at radius 2 is 1.97 bits per heavy atom. The summed E-state index contributed by atoms with van der Waals surface area (Å²) in [6, 6.07) is 14.2. The van der Waals surface area contributed by atoms with Gasteiger partial charge in [-0.2, -0.15) is 5.10 Å². The van der Waals surface area contributed by atoms with Crippen LogP contribution in [0, 0.1) is 19.8 Å². The highest BCUT2D eigenvalue weighted by molar-refractivity contribution is 7.13. The van der Waals surface area contributed by atoms with Crippen LogP contribution in [0.25, 0.3) is 16.4 Å². The van der Waals surface area contributed by atoms with Crippen molar-refractivity contribution < 1.29 is 4.79 Å². The molecule has 5 rings (SSSR count). The van der Waals surface area contributed by atoms with Gasteiger partial charge in [-0.3, -0.25) is 4.79 Å². The second-order valence-corrected chi connectivity index (χ2v) is 9.77. The van der Waals surface area contributed by atoms with Gasteiger partial charge in [-0.15, -0.1) is 11.3 Å². The number of amides is 1. The molecule has 0 aliphatic carbocycles. The van der Waals surface area contributed by atoms with Gasteiger partial charge in [0, 0.05) is 48.8 Å². The third kappa shape index (κ3) is 5.40. The summed E-state index contributed by atoms with van der Waals surface area (Å²) in [6.07, 6.45) is 4.13. The first-order valence-electron chi connectivity index (χ1n) is 11.9. The monoisotopic (exact) mass is 487 g/mol. The van der Waals surface area contributed by atoms with Crippen LogP contribution in [0.15, 0.2) is 54.2 Å². The van der Waals surface area contributed by atoms with Gasteiger partial charge < -0.3 is 10.2 Å². The van der Waals surface area contributed by atoms with Crippen molar-refractivity contribution in [2.45, 2.75) is 33.1 Å². The van der Waals surface area contributed by atoms with Crippen LogP contribution in [0.4, 0.5) is 5.82 Å². The van der Waals surface area contributed by atoms with Gasteiger partial charge in [-0.1, -0.05) is 30.3 Å². The molecule has 1 aliphatic rings. The smallest absolute Gasteiger partial charge is 0.224 e. The van der Waals surface area contributed by atoms with E-state index in [-0.39, 0.29) is 11.8 Å². The standard InChI is InChI=1S/C26H29N7OS/c1-18-13-19(2)33(31-18)24-14-23(28-17-29-24)32-12-6-9-21(15-32)25(34)27-11-10-22-16-35-26(30-22)20-7-4-3-5-8-20/h3-5,7-8,13-14,16-17,21H,6,9-12,15H2,1-2H3,(H,27,34). The number of hydrogen-bond acceptors (Lipinski definition) is 7. The molecule has 4 heterocycles. The lowest BCUT2D eigenvalue weighted by Crippen LogP contribution is -2.43. The quantitative estimate of drug-likeness (QED) is 0.424. The lowest BCUT2D eigenvalue weighted by Gasteiger charge is -2.32. The van der Waals surface area contributed by atoms with Gasteiger partial charge in [0.05, 0.1) is 17.3 Å². The maximum Gasteiger partial charge on any atom is 0.224 e. The van der Waals surface area contributed by atoms with E-state index in [1.165, 1.54) is 0 Å². The number of thiazole rings is 1. The van der Waals surface area contributed by atoms with Gasteiger partial charge in [-0.25, -0.2) is 19.6 Å². The molecule has 0 saturated carbocycles. The zero-order chi connectivity index (χ0) is 24.2. The van der Waals surface area contributed by atoms with Crippen LogP contribution < -0.4 is 10.2 Å². The normalized spacial score (nSPS) is 15.8. The van der Waals surface area contributed by atoms with Crippen LogP contribution in [0.2, 0.25) is 0 Å². The number of benzene rings is 1. The molecule has 1 amide bonds. The fourth-order valence-corrected chi connectivity index (χ4v) is 5.34. The number of anilines is 1. The van der Waals surface area contributed by atoms with Gasteiger partial charge in [0.1, 0.15) is 17.2 Å². The fraction of sp³-hybridized carbons (Fsp3) is 0.346. The van der Waals surface area contributed by atoms with E-state index in [1.54, 1.807) is 17.7 Å². The number of nitrogens with one attached hydrogen (secondary N) is 1. The van der Waals surface area contributed by atoms with E-state index in [9.17, 15) is 4.79 Å². The number of aromatic nitrogens is 5. The molecule has 0 spiro atoms. The first-order valence-corrected chi connectivity index (χ1v) is 12.8. The third-order valence-corrected chi connectivity index (χ3v) is 7.17. The molecule has 3 aromatic heterocycles. The van der Waals surface area contributed by atoms with Crippen molar-refractivity contribution in [2.24, 2.45) is 5.92 Å². The molecule has 180 valence electrons. The van der Waals surface area contributed by atoms with Gasteiger partial charge in [0.15, 0.2) is 5.82 Å². The molecule has 1 saturated heterocycles. The van der Waals surface area contributed by atoms with E-state index >= 15 is 0 Å². The lowest BCUT2D eigenvalue weighted by molar-refractivity contribution is -0.125. The summed E-state index contributed by atoms with van der Waals surface area (Å²) in [7, 11) is 0. The van der Waals surface area contributed by atoms with Crippen molar-refractivity contribution in [1.29, 1.82) is 0 Å². The largest absolute Gasteiger partial charge is 0.356 e. The maximum atomic E-state index is 12.9. The van der Waals surface area contributed by atoms with Gasteiger partial charge >= 0.3 is 0 Å². The highest BCUT2D eigenvalue weighted by Crippen LogP contribution is 2.24. The summed E-state index contributed by atoms with van der Waals surface area (Å²) >= 11 is 1.64. The summed E-state index contributed by atoms with van der Waals surface area (Å²) in [6.45, 7) is 6.09. The Morgan fingerprint density at radius 1 is 1.14 bits per heavy atom. The van der Waals surface area contributed by atoms with Gasteiger partial charge in [0.2, 0.25) is 5.91 Å². The van der Waals surface area contributed by atoms with Crippen LogP contribution in [0.3, 0.4) is 0 Å². The van der Waals surface area contributed by atoms with Crippen LogP contribution in [0.1, 0.15) is 29.9 Å². The Morgan fingerprint density at radius 3 is 2.77 bits per heavy atom. The summed E-state index contributed by atoms with van der Waals surface area (Å²) in [4.78, 5) is 28.7. The summed E-state index contributed by atoms with van der Waals surface area (Å²) in [5.41, 5.74) is 4.11. The second-order valence-electron chi connectivity index (χ2n) is 8.91. The minimum absolute atomic E-state index is 0.0637. The Hall–Kier alpha value is -3.59. The molecule has 1 N–H and O–H groups in total. The van der Waals surface area contributed by atoms with Crippen molar-refractivity contribution in [3.63, 3.8) is 0 Å². The van der Waals surface area contributed by atoms with Gasteiger partial charge in [0.25, 0.3) is 0 Å². The predicted octanol–water partition coefficient (Wildman–Crippen LogP) is 3.98. The predicted molar refractivity (Wildman–Crippen MR) is 138 cm³/mol. The first kappa shape index (κ1) is 23.2. The minimum Gasteiger partial charge on any atom is -0.356 e. The number of nitrogens with zero attached hydrogens (tertiary/aromatic N) is 6. The molecule has 1 aliphatic heterocycles. The zero-order valence-corrected chi connectivity index (χ0v) is 20.8.